The molecule has 0 radical (unpaired) electrons. The Balaban J connectivity index is 2.00. The second-order valence-electron chi connectivity index (χ2n) is 3.28. The van der Waals surface area contributed by atoms with Crippen LogP contribution in [-0.4, -0.2) is 9.97 Å². The van der Waals surface area contributed by atoms with E-state index in [0.717, 1.165) is 11.3 Å². The summed E-state index contributed by atoms with van der Waals surface area (Å²) < 4.78 is 10.2. The lowest BCUT2D eigenvalue weighted by Gasteiger charge is -1.91. The van der Waals surface area contributed by atoms with E-state index in [1.807, 2.05) is 30.3 Å². The van der Waals surface area contributed by atoms with E-state index in [2.05, 4.69) is 9.97 Å². The van der Waals surface area contributed by atoms with Crippen LogP contribution in [0.3, 0.4) is 0 Å². The van der Waals surface area contributed by atoms with Gasteiger partial charge in [-0.2, -0.15) is 0 Å². The maximum Gasteiger partial charge on any atom is 0.249 e. The van der Waals surface area contributed by atoms with Gasteiger partial charge in [0.15, 0.2) is 12.1 Å². The van der Waals surface area contributed by atoms with Crippen molar-refractivity contribution in [1.82, 2.24) is 9.97 Å². The zero-order valence-corrected chi connectivity index (χ0v) is 8.33. The van der Waals surface area contributed by atoms with Crippen LogP contribution in [0, 0.1) is 0 Å². The molecule has 16 heavy (non-hydrogen) atoms. The molecule has 2 aromatic heterocycles. The molecule has 0 saturated heterocycles. The molecular weight excluding hydrogens is 204 g/mol. The van der Waals surface area contributed by atoms with Gasteiger partial charge in [0.25, 0.3) is 0 Å². The first-order chi connectivity index (χ1) is 7.93. The zero-order chi connectivity index (χ0) is 10.8. The maximum absolute atomic E-state index is 5.33. The molecule has 78 valence electrons. The van der Waals surface area contributed by atoms with Crippen molar-refractivity contribution >= 4 is 0 Å². The van der Waals surface area contributed by atoms with Crippen molar-refractivity contribution in [2.75, 3.05) is 0 Å². The van der Waals surface area contributed by atoms with Gasteiger partial charge in [-0.25, -0.2) is 9.97 Å². The Kier molecular flexibility index (Phi) is 2.04. The highest BCUT2D eigenvalue weighted by molar-refractivity contribution is 5.60. The second-order valence-corrected chi connectivity index (χ2v) is 3.28. The van der Waals surface area contributed by atoms with E-state index >= 15 is 0 Å². The molecule has 4 nitrogen and oxygen atoms in total. The largest absolute Gasteiger partial charge is 0.451 e. The summed E-state index contributed by atoms with van der Waals surface area (Å²) in [6.45, 7) is 0. The molecule has 0 fully saturated rings. The quantitative estimate of drug-likeness (QED) is 0.655. The summed E-state index contributed by atoms with van der Waals surface area (Å²) >= 11 is 0. The Morgan fingerprint density at radius 3 is 2.56 bits per heavy atom. The average molecular weight is 212 g/mol. The van der Waals surface area contributed by atoms with Gasteiger partial charge in [-0.05, 0) is 0 Å². The minimum atomic E-state index is 0.465. The van der Waals surface area contributed by atoms with E-state index in [1.165, 1.54) is 12.7 Å². The summed E-state index contributed by atoms with van der Waals surface area (Å²) in [6, 6.07) is 9.83. The van der Waals surface area contributed by atoms with Crippen LogP contribution in [0.2, 0.25) is 0 Å². The molecular formula is C12H8N2O2. The van der Waals surface area contributed by atoms with Gasteiger partial charge in [-0.15, -0.1) is 0 Å². The van der Waals surface area contributed by atoms with Crippen molar-refractivity contribution in [3.05, 3.63) is 49.3 Å². The van der Waals surface area contributed by atoms with Crippen LogP contribution in [0.15, 0.2) is 58.1 Å². The van der Waals surface area contributed by atoms with E-state index in [0.29, 0.717) is 11.6 Å². The highest BCUT2D eigenvalue weighted by atomic mass is 16.4. The molecule has 0 aliphatic carbocycles. The summed E-state index contributed by atoms with van der Waals surface area (Å²) in [5, 5.41) is 0. The third-order valence-electron chi connectivity index (χ3n) is 2.23. The van der Waals surface area contributed by atoms with Gasteiger partial charge < -0.3 is 8.83 Å². The maximum atomic E-state index is 5.33. The molecule has 0 saturated carbocycles. The molecule has 0 bridgehead atoms. The Hall–Kier alpha value is -2.36. The van der Waals surface area contributed by atoms with Crippen LogP contribution in [0.25, 0.3) is 22.8 Å². The molecule has 0 spiro atoms. The summed E-state index contributed by atoms with van der Waals surface area (Å²) in [5.41, 5.74) is 2.40. The molecule has 0 aliphatic heterocycles. The lowest BCUT2D eigenvalue weighted by atomic mass is 10.2. The van der Waals surface area contributed by atoms with Gasteiger partial charge in [0.2, 0.25) is 5.89 Å². The van der Waals surface area contributed by atoms with Crippen molar-refractivity contribution < 1.29 is 8.83 Å². The van der Waals surface area contributed by atoms with Gasteiger partial charge in [0, 0.05) is 5.56 Å². The van der Waals surface area contributed by atoms with Gasteiger partial charge in [-0.1, -0.05) is 30.3 Å². The average Bonchev–Trinajstić information content (AvgIpc) is 3.01. The minimum Gasteiger partial charge on any atom is -0.451 e. The second kappa shape index (κ2) is 3.66. The molecule has 2 heterocycles. The lowest BCUT2D eigenvalue weighted by molar-refractivity contribution is 0.553. The number of aromatic nitrogens is 2. The van der Waals surface area contributed by atoms with Crippen molar-refractivity contribution in [1.29, 1.82) is 0 Å². The first kappa shape index (κ1) is 8.91. The zero-order valence-electron chi connectivity index (χ0n) is 8.33. The number of benzene rings is 1. The summed E-state index contributed by atoms with van der Waals surface area (Å²) in [7, 11) is 0. The van der Waals surface area contributed by atoms with Gasteiger partial charge >= 0.3 is 0 Å². The molecule has 0 amide bonds. The molecule has 0 aliphatic rings. The van der Waals surface area contributed by atoms with Crippen LogP contribution in [0.5, 0.6) is 0 Å². The third-order valence-corrected chi connectivity index (χ3v) is 2.23. The Bertz CT molecular complexity index is 570. The third kappa shape index (κ3) is 1.50. The van der Waals surface area contributed by atoms with Crippen LogP contribution in [-0.2, 0) is 0 Å². The molecule has 3 aromatic rings. The van der Waals surface area contributed by atoms with Crippen molar-refractivity contribution in [2.45, 2.75) is 0 Å². The number of hydrogen-bond acceptors (Lipinski definition) is 4. The Labute approximate surface area is 91.6 Å². The molecule has 0 unspecified atom stereocenters. The highest BCUT2D eigenvalue weighted by Crippen LogP contribution is 2.22. The number of hydrogen-bond donors (Lipinski definition) is 0. The fraction of sp³-hybridized carbons (Fsp3) is 0. The van der Waals surface area contributed by atoms with Gasteiger partial charge in [0.1, 0.15) is 18.2 Å². The fourth-order valence-electron chi connectivity index (χ4n) is 1.45. The molecule has 4 heteroatoms. The van der Waals surface area contributed by atoms with Gasteiger partial charge in [-0.3, -0.25) is 0 Å². The standard InChI is InChI=1S/C12H8N2O2/c1-2-4-9(5-3-1)10-7-16-12(14-10)11-6-15-8-13-11/h1-8H. The van der Waals surface area contributed by atoms with E-state index in [4.69, 9.17) is 8.83 Å². The van der Waals surface area contributed by atoms with E-state index in [1.54, 1.807) is 6.26 Å². The fourth-order valence-corrected chi connectivity index (χ4v) is 1.45. The van der Waals surface area contributed by atoms with Crippen molar-refractivity contribution in [2.24, 2.45) is 0 Å². The molecule has 0 atom stereocenters. The monoisotopic (exact) mass is 212 g/mol. The smallest absolute Gasteiger partial charge is 0.249 e. The summed E-state index contributed by atoms with van der Waals surface area (Å²) in [5.74, 6) is 0.465. The number of nitrogens with zero attached hydrogens (tertiary/aromatic N) is 2. The lowest BCUT2D eigenvalue weighted by Crippen LogP contribution is -1.78. The molecule has 1 aromatic carbocycles. The van der Waals surface area contributed by atoms with E-state index in [-0.39, 0.29) is 0 Å². The summed E-state index contributed by atoms with van der Waals surface area (Å²) in [4.78, 5) is 8.30. The topological polar surface area (TPSA) is 52.1 Å². The van der Waals surface area contributed by atoms with Crippen LogP contribution in [0.1, 0.15) is 0 Å². The predicted molar refractivity (Wildman–Crippen MR) is 57.4 cm³/mol. The minimum absolute atomic E-state index is 0.465. The van der Waals surface area contributed by atoms with Crippen LogP contribution < -0.4 is 0 Å². The van der Waals surface area contributed by atoms with Crippen molar-refractivity contribution in [3.63, 3.8) is 0 Å². The summed E-state index contributed by atoms with van der Waals surface area (Å²) in [6.07, 6.45) is 4.46. The number of rotatable bonds is 2. The van der Waals surface area contributed by atoms with E-state index < -0.39 is 0 Å². The number of oxazole rings is 2. The molecule has 0 N–H and O–H groups in total. The van der Waals surface area contributed by atoms with Crippen LogP contribution in [0.4, 0.5) is 0 Å². The normalized spacial score (nSPS) is 10.5. The molecule has 3 rings (SSSR count). The van der Waals surface area contributed by atoms with Crippen LogP contribution >= 0.6 is 0 Å². The SMILES string of the molecule is c1ccc(-c2coc(-c3cocn3)n2)cc1. The highest BCUT2D eigenvalue weighted by Gasteiger charge is 2.09. The van der Waals surface area contributed by atoms with Crippen molar-refractivity contribution in [3.8, 4) is 22.8 Å². The van der Waals surface area contributed by atoms with E-state index in [9.17, 15) is 0 Å². The Morgan fingerprint density at radius 2 is 1.81 bits per heavy atom. The first-order valence-corrected chi connectivity index (χ1v) is 4.83. The predicted octanol–water partition coefficient (Wildman–Crippen LogP) is 3.00. The Morgan fingerprint density at radius 1 is 0.938 bits per heavy atom. The first-order valence-electron chi connectivity index (χ1n) is 4.83. The van der Waals surface area contributed by atoms with Gasteiger partial charge in [0.05, 0.1) is 0 Å².